The maximum absolute atomic E-state index is 6.10. The summed E-state index contributed by atoms with van der Waals surface area (Å²) < 4.78 is 1.58. The lowest BCUT2D eigenvalue weighted by atomic mass is 10.2. The Hall–Kier alpha value is -0.770. The zero-order valence-electron chi connectivity index (χ0n) is 9.07. The van der Waals surface area contributed by atoms with Crippen LogP contribution in [0.15, 0.2) is 24.4 Å². The summed E-state index contributed by atoms with van der Waals surface area (Å²) in [7, 11) is 0. The Labute approximate surface area is 114 Å². The zero-order chi connectivity index (χ0) is 12.4. The SMILES string of the molecule is CCC(Cl)c1cn(-c2cccc(Cl)c2Cl)nn1. The van der Waals surface area contributed by atoms with Crippen molar-refractivity contribution in [3.05, 3.63) is 40.1 Å². The van der Waals surface area contributed by atoms with Crippen LogP contribution in [0.3, 0.4) is 0 Å². The molecule has 0 radical (unpaired) electrons. The second kappa shape index (κ2) is 5.25. The number of alkyl halides is 1. The highest BCUT2D eigenvalue weighted by Crippen LogP contribution is 2.29. The van der Waals surface area contributed by atoms with E-state index in [9.17, 15) is 0 Å². The van der Waals surface area contributed by atoms with Crippen LogP contribution in [0, 0.1) is 0 Å². The lowest BCUT2D eigenvalue weighted by Gasteiger charge is -2.04. The van der Waals surface area contributed by atoms with Crippen LogP contribution >= 0.6 is 34.8 Å². The van der Waals surface area contributed by atoms with Gasteiger partial charge in [0.15, 0.2) is 0 Å². The van der Waals surface area contributed by atoms with Crippen LogP contribution in [-0.2, 0) is 0 Å². The van der Waals surface area contributed by atoms with Crippen molar-refractivity contribution < 1.29 is 0 Å². The molecule has 90 valence electrons. The fourth-order valence-corrected chi connectivity index (χ4v) is 1.90. The average Bonchev–Trinajstić information content (AvgIpc) is 2.81. The molecule has 0 spiro atoms. The molecule has 1 unspecified atom stereocenters. The van der Waals surface area contributed by atoms with Gasteiger partial charge in [0.25, 0.3) is 0 Å². The summed E-state index contributed by atoms with van der Waals surface area (Å²) in [5, 5.41) is 8.81. The maximum atomic E-state index is 6.10. The standard InChI is InChI=1S/C11H10Cl3N3/c1-2-7(12)9-6-17(16-15-9)10-5-3-4-8(13)11(10)14/h3-7H,2H2,1H3. The summed E-state index contributed by atoms with van der Waals surface area (Å²) >= 11 is 18.1. The Morgan fingerprint density at radius 1 is 1.35 bits per heavy atom. The van der Waals surface area contributed by atoms with Gasteiger partial charge in [0.2, 0.25) is 0 Å². The largest absolute Gasteiger partial charge is 0.219 e. The molecule has 1 aromatic heterocycles. The average molecular weight is 291 g/mol. The number of rotatable bonds is 3. The van der Waals surface area contributed by atoms with E-state index in [1.165, 1.54) is 0 Å². The van der Waals surface area contributed by atoms with Crippen LogP contribution in [0.2, 0.25) is 10.0 Å². The monoisotopic (exact) mass is 289 g/mol. The second-order valence-corrected chi connectivity index (χ2v) is 4.85. The molecule has 2 rings (SSSR count). The summed E-state index contributed by atoms with van der Waals surface area (Å²) in [6.07, 6.45) is 2.56. The van der Waals surface area contributed by atoms with Gasteiger partial charge in [0.1, 0.15) is 5.69 Å². The van der Waals surface area contributed by atoms with Crippen molar-refractivity contribution >= 4 is 34.8 Å². The van der Waals surface area contributed by atoms with Gasteiger partial charge in [-0.25, -0.2) is 4.68 Å². The molecule has 0 aliphatic carbocycles. The first-order chi connectivity index (χ1) is 8.13. The molecule has 0 saturated carbocycles. The minimum atomic E-state index is -0.137. The summed E-state index contributed by atoms with van der Waals surface area (Å²) in [5.41, 5.74) is 1.42. The topological polar surface area (TPSA) is 30.7 Å². The van der Waals surface area contributed by atoms with Gasteiger partial charge < -0.3 is 0 Å². The van der Waals surface area contributed by atoms with Crippen molar-refractivity contribution in [3.63, 3.8) is 0 Å². The van der Waals surface area contributed by atoms with E-state index in [-0.39, 0.29) is 5.38 Å². The van der Waals surface area contributed by atoms with E-state index in [1.807, 2.05) is 19.1 Å². The number of aromatic nitrogens is 3. The fraction of sp³-hybridized carbons (Fsp3) is 0.273. The van der Waals surface area contributed by atoms with Crippen molar-refractivity contribution in [2.24, 2.45) is 0 Å². The Kier molecular flexibility index (Phi) is 3.92. The summed E-state index contributed by atoms with van der Waals surface area (Å²) in [5.74, 6) is 0. The van der Waals surface area contributed by atoms with Crippen molar-refractivity contribution in [3.8, 4) is 5.69 Å². The number of halogens is 3. The predicted molar refractivity (Wildman–Crippen MR) is 70.3 cm³/mol. The molecule has 1 atom stereocenters. The molecule has 6 heteroatoms. The highest BCUT2D eigenvalue weighted by Gasteiger charge is 2.13. The van der Waals surface area contributed by atoms with Crippen molar-refractivity contribution in [1.82, 2.24) is 15.0 Å². The van der Waals surface area contributed by atoms with E-state index < -0.39 is 0 Å². The van der Waals surface area contributed by atoms with Crippen molar-refractivity contribution in [2.75, 3.05) is 0 Å². The minimum absolute atomic E-state index is 0.137. The van der Waals surface area contributed by atoms with Gasteiger partial charge in [-0.2, -0.15) is 0 Å². The first-order valence-corrected chi connectivity index (χ1v) is 6.33. The number of hydrogen-bond donors (Lipinski definition) is 0. The van der Waals surface area contributed by atoms with Crippen LogP contribution in [0.5, 0.6) is 0 Å². The molecule has 0 saturated heterocycles. The number of benzene rings is 1. The van der Waals surface area contributed by atoms with Gasteiger partial charge >= 0.3 is 0 Å². The summed E-state index contributed by atoms with van der Waals surface area (Å²) in [6.45, 7) is 1.99. The van der Waals surface area contributed by atoms with Crippen LogP contribution in [0.4, 0.5) is 0 Å². The van der Waals surface area contributed by atoms with Crippen LogP contribution in [-0.4, -0.2) is 15.0 Å². The van der Waals surface area contributed by atoms with Gasteiger partial charge in [0, 0.05) is 0 Å². The van der Waals surface area contributed by atoms with Gasteiger partial charge in [-0.05, 0) is 18.6 Å². The first-order valence-electron chi connectivity index (χ1n) is 5.14. The van der Waals surface area contributed by atoms with Gasteiger partial charge in [-0.1, -0.05) is 41.4 Å². The third-order valence-electron chi connectivity index (χ3n) is 2.37. The van der Waals surface area contributed by atoms with Crippen LogP contribution in [0.1, 0.15) is 24.4 Å². The van der Waals surface area contributed by atoms with E-state index >= 15 is 0 Å². The predicted octanol–water partition coefficient (Wildman–Crippen LogP) is 4.26. The number of nitrogens with zero attached hydrogens (tertiary/aromatic N) is 3. The highest BCUT2D eigenvalue weighted by molar-refractivity contribution is 6.43. The smallest absolute Gasteiger partial charge is 0.101 e. The maximum Gasteiger partial charge on any atom is 0.101 e. The molecule has 0 aliphatic rings. The third kappa shape index (κ3) is 2.57. The summed E-state index contributed by atoms with van der Waals surface area (Å²) in [6, 6.07) is 5.35. The van der Waals surface area contributed by atoms with E-state index in [0.717, 1.165) is 12.1 Å². The zero-order valence-corrected chi connectivity index (χ0v) is 11.3. The molecule has 0 amide bonds. The Morgan fingerprint density at radius 3 is 2.82 bits per heavy atom. The van der Waals surface area contributed by atoms with Gasteiger partial charge in [-0.15, -0.1) is 16.7 Å². The number of hydrogen-bond acceptors (Lipinski definition) is 2. The molecule has 0 N–H and O–H groups in total. The molecule has 3 nitrogen and oxygen atoms in total. The van der Waals surface area contributed by atoms with E-state index in [2.05, 4.69) is 10.3 Å². The highest BCUT2D eigenvalue weighted by atomic mass is 35.5. The molecule has 2 aromatic rings. The molecular weight excluding hydrogens is 281 g/mol. The lowest BCUT2D eigenvalue weighted by Crippen LogP contribution is -1.95. The molecule has 1 heterocycles. The Bertz CT molecular complexity index is 524. The Balaban J connectivity index is 2.40. The second-order valence-electron chi connectivity index (χ2n) is 3.54. The van der Waals surface area contributed by atoms with Gasteiger partial charge in [-0.3, -0.25) is 0 Å². The normalized spacial score (nSPS) is 12.7. The molecule has 17 heavy (non-hydrogen) atoms. The third-order valence-corrected chi connectivity index (χ3v) is 3.71. The minimum Gasteiger partial charge on any atom is -0.219 e. The van der Waals surface area contributed by atoms with E-state index in [4.69, 9.17) is 34.8 Å². The fourth-order valence-electron chi connectivity index (χ4n) is 1.42. The van der Waals surface area contributed by atoms with Crippen LogP contribution < -0.4 is 0 Å². The molecule has 0 bridgehead atoms. The quantitative estimate of drug-likeness (QED) is 0.791. The summed E-state index contributed by atoms with van der Waals surface area (Å²) in [4.78, 5) is 0. The molecule has 0 aliphatic heterocycles. The Morgan fingerprint density at radius 2 is 2.12 bits per heavy atom. The molecular formula is C11H10Cl3N3. The van der Waals surface area contributed by atoms with E-state index in [0.29, 0.717) is 15.7 Å². The van der Waals surface area contributed by atoms with Crippen molar-refractivity contribution in [1.29, 1.82) is 0 Å². The van der Waals surface area contributed by atoms with Crippen LogP contribution in [0.25, 0.3) is 5.69 Å². The van der Waals surface area contributed by atoms with Gasteiger partial charge in [0.05, 0.1) is 27.3 Å². The van der Waals surface area contributed by atoms with E-state index in [1.54, 1.807) is 16.9 Å². The molecule has 1 aromatic carbocycles. The van der Waals surface area contributed by atoms with Crippen molar-refractivity contribution in [2.45, 2.75) is 18.7 Å². The lowest BCUT2D eigenvalue weighted by molar-refractivity contribution is 0.786. The molecule has 0 fully saturated rings. The first kappa shape index (κ1) is 12.7.